The van der Waals surface area contributed by atoms with Crippen molar-refractivity contribution in [1.29, 1.82) is 0 Å². The summed E-state index contributed by atoms with van der Waals surface area (Å²) in [5, 5.41) is 15.1. The van der Waals surface area contributed by atoms with Gasteiger partial charge in [-0.2, -0.15) is 0 Å². The zero-order chi connectivity index (χ0) is 14.7. The summed E-state index contributed by atoms with van der Waals surface area (Å²) < 4.78 is 5.47. The van der Waals surface area contributed by atoms with Crippen LogP contribution in [-0.4, -0.2) is 62.9 Å². The van der Waals surface area contributed by atoms with E-state index in [2.05, 4.69) is 15.4 Å². The van der Waals surface area contributed by atoms with E-state index in [1.807, 2.05) is 27.9 Å². The van der Waals surface area contributed by atoms with E-state index in [4.69, 9.17) is 15.7 Å². The number of hydrogen-bond donors (Lipinski definition) is 3. The van der Waals surface area contributed by atoms with Gasteiger partial charge in [-0.05, 0) is 33.5 Å². The molecular formula is C13H30N4O2. The molecule has 0 aromatic carbocycles. The molecule has 0 aliphatic heterocycles. The Morgan fingerprint density at radius 2 is 2.00 bits per heavy atom. The van der Waals surface area contributed by atoms with E-state index < -0.39 is 0 Å². The predicted octanol–water partition coefficient (Wildman–Crippen LogP) is 0.707. The molecule has 0 aromatic rings. The van der Waals surface area contributed by atoms with Crippen molar-refractivity contribution in [3.05, 3.63) is 0 Å². The van der Waals surface area contributed by atoms with Gasteiger partial charge in [0, 0.05) is 18.5 Å². The summed E-state index contributed by atoms with van der Waals surface area (Å²) in [6, 6.07) is 0. The molecule has 0 fully saturated rings. The van der Waals surface area contributed by atoms with Crippen LogP contribution in [0.5, 0.6) is 0 Å². The molecule has 0 atom stereocenters. The van der Waals surface area contributed by atoms with Crippen LogP contribution in [0.1, 0.15) is 26.7 Å². The highest BCUT2D eigenvalue weighted by atomic mass is 16.5. The van der Waals surface area contributed by atoms with Crippen LogP contribution in [0, 0.1) is 5.41 Å². The van der Waals surface area contributed by atoms with Crippen LogP contribution in [0.15, 0.2) is 5.16 Å². The van der Waals surface area contributed by atoms with Crippen molar-refractivity contribution in [3.63, 3.8) is 0 Å². The number of nitrogens with two attached hydrogens (primary N) is 1. The van der Waals surface area contributed by atoms with Gasteiger partial charge in [-0.1, -0.05) is 19.0 Å². The van der Waals surface area contributed by atoms with Gasteiger partial charge in [0.1, 0.15) is 5.84 Å². The van der Waals surface area contributed by atoms with E-state index in [9.17, 15) is 0 Å². The second-order valence-corrected chi connectivity index (χ2v) is 5.64. The van der Waals surface area contributed by atoms with E-state index in [1.54, 1.807) is 0 Å². The average Bonchev–Trinajstić information content (AvgIpc) is 2.35. The third-order valence-corrected chi connectivity index (χ3v) is 3.06. The summed E-state index contributed by atoms with van der Waals surface area (Å²) in [4.78, 5) is 2.10. The monoisotopic (exact) mass is 274 g/mol. The topological polar surface area (TPSA) is 83.1 Å². The van der Waals surface area contributed by atoms with E-state index in [0.29, 0.717) is 5.84 Å². The average molecular weight is 274 g/mol. The molecule has 0 rings (SSSR count). The molecule has 0 bridgehead atoms. The van der Waals surface area contributed by atoms with Gasteiger partial charge in [0.25, 0.3) is 0 Å². The molecule has 0 amide bonds. The maximum absolute atomic E-state index is 8.66. The Morgan fingerprint density at radius 1 is 1.32 bits per heavy atom. The number of nitrogens with one attached hydrogen (secondary N) is 1. The first kappa shape index (κ1) is 18.1. The molecule has 4 N–H and O–H groups in total. The number of nitrogens with zero attached hydrogens (tertiary/aromatic N) is 2. The Labute approximate surface area is 117 Å². The molecule has 0 radical (unpaired) electrons. The summed E-state index contributed by atoms with van der Waals surface area (Å²) >= 11 is 0. The number of likely N-dealkylation sites (N-methyl/N-ethyl adjacent to an activating group) is 1. The van der Waals surface area contributed by atoms with Crippen molar-refractivity contribution < 1.29 is 9.94 Å². The fraction of sp³-hybridized carbons (Fsp3) is 0.923. The van der Waals surface area contributed by atoms with Crippen molar-refractivity contribution in [2.45, 2.75) is 26.7 Å². The van der Waals surface area contributed by atoms with Crippen LogP contribution in [0.4, 0.5) is 0 Å². The quantitative estimate of drug-likeness (QED) is 0.170. The Kier molecular flexibility index (Phi) is 9.55. The van der Waals surface area contributed by atoms with Crippen LogP contribution in [-0.2, 0) is 4.74 Å². The fourth-order valence-electron chi connectivity index (χ4n) is 1.54. The van der Waals surface area contributed by atoms with Gasteiger partial charge < -0.3 is 25.9 Å². The van der Waals surface area contributed by atoms with Gasteiger partial charge >= 0.3 is 0 Å². The van der Waals surface area contributed by atoms with Crippen LogP contribution >= 0.6 is 0 Å². The van der Waals surface area contributed by atoms with Gasteiger partial charge in [-0.15, -0.1) is 0 Å². The summed E-state index contributed by atoms with van der Waals surface area (Å²) in [6.45, 7) is 8.19. The van der Waals surface area contributed by atoms with Crippen LogP contribution in [0.2, 0.25) is 0 Å². The molecule has 0 saturated carbocycles. The molecule has 0 aliphatic rings. The third kappa shape index (κ3) is 9.69. The lowest BCUT2D eigenvalue weighted by Crippen LogP contribution is -2.33. The molecule has 19 heavy (non-hydrogen) atoms. The van der Waals surface area contributed by atoms with Crippen molar-refractivity contribution in [3.8, 4) is 0 Å². The highest BCUT2D eigenvalue weighted by Gasteiger charge is 2.22. The van der Waals surface area contributed by atoms with Gasteiger partial charge in [-0.25, -0.2) is 0 Å². The van der Waals surface area contributed by atoms with E-state index >= 15 is 0 Å². The Morgan fingerprint density at radius 3 is 2.58 bits per heavy atom. The molecule has 0 saturated heterocycles. The maximum atomic E-state index is 8.66. The smallest absolute Gasteiger partial charge is 0.144 e. The fourth-order valence-corrected chi connectivity index (χ4v) is 1.54. The maximum Gasteiger partial charge on any atom is 0.144 e. The van der Waals surface area contributed by atoms with Gasteiger partial charge in [0.2, 0.25) is 0 Å². The van der Waals surface area contributed by atoms with Crippen molar-refractivity contribution in [2.75, 3.05) is 46.9 Å². The first-order valence-corrected chi connectivity index (χ1v) is 6.81. The lowest BCUT2D eigenvalue weighted by Gasteiger charge is -2.22. The Bertz CT molecular complexity index is 255. The van der Waals surface area contributed by atoms with E-state index in [-0.39, 0.29) is 5.41 Å². The first-order valence-electron chi connectivity index (χ1n) is 6.81. The van der Waals surface area contributed by atoms with Crippen molar-refractivity contribution in [1.82, 2.24) is 10.2 Å². The molecule has 0 unspecified atom stereocenters. The second-order valence-electron chi connectivity index (χ2n) is 5.64. The number of ether oxygens (including phenoxy) is 1. The SMILES string of the molecule is CN(C)CCOCCNCCCC(C)(C)C(N)=NO. The highest BCUT2D eigenvalue weighted by Crippen LogP contribution is 2.21. The number of amidine groups is 1. The van der Waals surface area contributed by atoms with Gasteiger partial charge in [0.05, 0.1) is 13.2 Å². The van der Waals surface area contributed by atoms with Gasteiger partial charge in [-0.3, -0.25) is 0 Å². The van der Waals surface area contributed by atoms with Crippen molar-refractivity contribution in [2.24, 2.45) is 16.3 Å². The largest absolute Gasteiger partial charge is 0.409 e. The predicted molar refractivity (Wildman–Crippen MR) is 78.7 cm³/mol. The van der Waals surface area contributed by atoms with Crippen LogP contribution in [0.3, 0.4) is 0 Å². The number of hydrogen-bond acceptors (Lipinski definition) is 5. The third-order valence-electron chi connectivity index (χ3n) is 3.06. The normalized spacial score (nSPS) is 13.2. The summed E-state index contributed by atoms with van der Waals surface area (Å²) in [5.41, 5.74) is 5.38. The molecule has 0 aliphatic carbocycles. The van der Waals surface area contributed by atoms with Gasteiger partial charge in [0.15, 0.2) is 0 Å². The molecule has 0 aromatic heterocycles. The minimum atomic E-state index is -0.251. The molecular weight excluding hydrogens is 244 g/mol. The molecule has 0 heterocycles. The molecule has 6 nitrogen and oxygen atoms in total. The minimum absolute atomic E-state index is 0.251. The second kappa shape index (κ2) is 10.00. The van der Waals surface area contributed by atoms with Crippen LogP contribution in [0.25, 0.3) is 0 Å². The van der Waals surface area contributed by atoms with E-state index in [0.717, 1.165) is 45.7 Å². The Hall–Kier alpha value is -0.850. The number of rotatable bonds is 11. The zero-order valence-electron chi connectivity index (χ0n) is 12.8. The lowest BCUT2D eigenvalue weighted by molar-refractivity contribution is 0.119. The standard InChI is InChI=1S/C13H30N4O2/c1-13(2,12(14)16-18)6-5-7-15-8-10-19-11-9-17(3)4/h15,18H,5-11H2,1-4H3,(H2,14,16). The molecule has 6 heteroatoms. The minimum Gasteiger partial charge on any atom is -0.409 e. The van der Waals surface area contributed by atoms with E-state index in [1.165, 1.54) is 0 Å². The molecule has 0 spiro atoms. The summed E-state index contributed by atoms with van der Waals surface area (Å²) in [7, 11) is 4.06. The number of oxime groups is 1. The Balaban J connectivity index is 3.41. The summed E-state index contributed by atoms with van der Waals surface area (Å²) in [6.07, 6.45) is 1.87. The summed E-state index contributed by atoms with van der Waals surface area (Å²) in [5.74, 6) is 0.291. The lowest BCUT2D eigenvalue weighted by atomic mass is 9.86. The first-order chi connectivity index (χ1) is 8.90. The van der Waals surface area contributed by atoms with Crippen LogP contribution < -0.4 is 11.1 Å². The van der Waals surface area contributed by atoms with Crippen molar-refractivity contribution >= 4 is 5.84 Å². The highest BCUT2D eigenvalue weighted by molar-refractivity contribution is 5.85. The molecule has 114 valence electrons. The zero-order valence-corrected chi connectivity index (χ0v) is 12.8.